The van der Waals surface area contributed by atoms with Gasteiger partial charge in [-0.2, -0.15) is 0 Å². The van der Waals surface area contributed by atoms with Crippen molar-refractivity contribution in [3.63, 3.8) is 0 Å². The van der Waals surface area contributed by atoms with Crippen molar-refractivity contribution in [2.45, 2.75) is 19.9 Å². The molecule has 0 aromatic carbocycles. The highest BCUT2D eigenvalue weighted by atomic mass is 32.1. The number of methoxy groups -OCH3 is 1. The van der Waals surface area contributed by atoms with Crippen LogP contribution < -0.4 is 15.0 Å². The van der Waals surface area contributed by atoms with E-state index in [1.165, 1.54) is 4.88 Å². The fraction of sp³-hybridized carbons (Fsp3) is 0.429. The molecule has 2 aromatic heterocycles. The molecule has 0 fully saturated rings. The molecule has 0 unspecified atom stereocenters. The van der Waals surface area contributed by atoms with Gasteiger partial charge in [-0.25, -0.2) is 9.97 Å². The van der Waals surface area contributed by atoms with Crippen molar-refractivity contribution in [1.29, 1.82) is 0 Å². The number of anilines is 2. The lowest BCUT2D eigenvalue weighted by Crippen LogP contribution is -2.19. The number of thiophene rings is 1. The van der Waals surface area contributed by atoms with Gasteiger partial charge in [0.1, 0.15) is 6.33 Å². The van der Waals surface area contributed by atoms with Gasteiger partial charge in [0, 0.05) is 18.5 Å². The van der Waals surface area contributed by atoms with Crippen molar-refractivity contribution in [1.82, 2.24) is 9.97 Å². The first-order valence-corrected chi connectivity index (χ1v) is 7.50. The Balaban J connectivity index is 2.21. The number of nitrogens with one attached hydrogen (secondary N) is 1. The van der Waals surface area contributed by atoms with E-state index in [2.05, 4.69) is 44.6 Å². The van der Waals surface area contributed by atoms with Crippen molar-refractivity contribution in [2.75, 3.05) is 30.9 Å². The standard InChI is InChI=1S/C14H20N4OS/c1-4-7-15-13-12(19-3)14(17-10-16-13)18(2)9-11-6-5-8-20-11/h5-6,8,10H,4,7,9H2,1-3H3,(H,15,16,17). The monoisotopic (exact) mass is 292 g/mol. The van der Waals surface area contributed by atoms with Gasteiger partial charge >= 0.3 is 0 Å². The highest BCUT2D eigenvalue weighted by Crippen LogP contribution is 2.32. The van der Waals surface area contributed by atoms with Crippen LogP contribution in [-0.2, 0) is 6.54 Å². The van der Waals surface area contributed by atoms with Crippen LogP contribution in [0.5, 0.6) is 5.75 Å². The van der Waals surface area contributed by atoms with E-state index in [-0.39, 0.29) is 0 Å². The summed E-state index contributed by atoms with van der Waals surface area (Å²) in [6, 6.07) is 4.17. The first kappa shape index (κ1) is 14.6. The van der Waals surface area contributed by atoms with Gasteiger partial charge in [0.05, 0.1) is 13.7 Å². The summed E-state index contributed by atoms with van der Waals surface area (Å²) in [7, 11) is 3.66. The van der Waals surface area contributed by atoms with Gasteiger partial charge in [0.2, 0.25) is 5.75 Å². The summed E-state index contributed by atoms with van der Waals surface area (Å²) in [6.07, 6.45) is 2.61. The molecule has 0 spiro atoms. The fourth-order valence-corrected chi connectivity index (χ4v) is 2.66. The molecule has 0 atom stereocenters. The number of nitrogens with zero attached hydrogens (tertiary/aromatic N) is 3. The second-order valence-electron chi connectivity index (χ2n) is 4.44. The van der Waals surface area contributed by atoms with Crippen LogP contribution in [-0.4, -0.2) is 30.7 Å². The highest BCUT2D eigenvalue weighted by molar-refractivity contribution is 7.09. The van der Waals surface area contributed by atoms with E-state index in [9.17, 15) is 0 Å². The number of ether oxygens (including phenoxy) is 1. The lowest BCUT2D eigenvalue weighted by molar-refractivity contribution is 0.412. The van der Waals surface area contributed by atoms with Gasteiger partial charge in [0.25, 0.3) is 0 Å². The third kappa shape index (κ3) is 3.39. The van der Waals surface area contributed by atoms with E-state index in [1.54, 1.807) is 24.8 Å². The molecule has 0 saturated heterocycles. The molecule has 0 amide bonds. The number of hydrogen-bond acceptors (Lipinski definition) is 6. The fourth-order valence-electron chi connectivity index (χ4n) is 1.90. The molecule has 1 N–H and O–H groups in total. The molecule has 0 aliphatic carbocycles. The van der Waals surface area contributed by atoms with Crippen molar-refractivity contribution in [3.05, 3.63) is 28.7 Å². The molecule has 2 aromatic rings. The summed E-state index contributed by atoms with van der Waals surface area (Å²) in [4.78, 5) is 12.0. The average molecular weight is 292 g/mol. The Kier molecular flexibility index (Phi) is 5.17. The maximum absolute atomic E-state index is 5.49. The van der Waals surface area contributed by atoms with Crippen LogP contribution in [0.15, 0.2) is 23.8 Å². The van der Waals surface area contributed by atoms with Gasteiger partial charge in [-0.3, -0.25) is 0 Å². The normalized spacial score (nSPS) is 10.3. The average Bonchev–Trinajstić information content (AvgIpc) is 2.97. The van der Waals surface area contributed by atoms with E-state index >= 15 is 0 Å². The SMILES string of the molecule is CCCNc1ncnc(N(C)Cc2cccs2)c1OC. The van der Waals surface area contributed by atoms with Crippen LogP contribution in [0, 0.1) is 0 Å². The Bertz CT molecular complexity index is 530. The molecular formula is C14H20N4OS. The van der Waals surface area contributed by atoms with Crippen molar-refractivity contribution in [2.24, 2.45) is 0 Å². The molecule has 2 rings (SSSR count). The van der Waals surface area contributed by atoms with E-state index in [4.69, 9.17) is 4.74 Å². The lowest BCUT2D eigenvalue weighted by atomic mass is 10.3. The highest BCUT2D eigenvalue weighted by Gasteiger charge is 2.15. The molecule has 0 radical (unpaired) electrons. The topological polar surface area (TPSA) is 50.3 Å². The maximum Gasteiger partial charge on any atom is 0.204 e. The van der Waals surface area contributed by atoms with Crippen LogP contribution in [0.4, 0.5) is 11.6 Å². The minimum Gasteiger partial charge on any atom is -0.490 e. The number of rotatable bonds is 7. The quantitative estimate of drug-likeness (QED) is 0.850. The van der Waals surface area contributed by atoms with E-state index in [1.807, 2.05) is 7.05 Å². The lowest BCUT2D eigenvalue weighted by Gasteiger charge is -2.21. The first-order chi connectivity index (χ1) is 9.76. The smallest absolute Gasteiger partial charge is 0.204 e. The van der Waals surface area contributed by atoms with Gasteiger partial charge in [-0.15, -0.1) is 11.3 Å². The molecular weight excluding hydrogens is 272 g/mol. The molecule has 108 valence electrons. The Morgan fingerprint density at radius 3 is 2.90 bits per heavy atom. The Labute approximate surface area is 123 Å². The van der Waals surface area contributed by atoms with Gasteiger partial charge in [-0.1, -0.05) is 13.0 Å². The molecule has 20 heavy (non-hydrogen) atoms. The molecule has 0 aliphatic rings. The van der Waals surface area contributed by atoms with Crippen LogP contribution in [0.1, 0.15) is 18.2 Å². The molecule has 0 bridgehead atoms. The van der Waals surface area contributed by atoms with E-state index in [0.29, 0.717) is 5.75 Å². The van der Waals surface area contributed by atoms with Crippen LogP contribution in [0.2, 0.25) is 0 Å². The summed E-state index contributed by atoms with van der Waals surface area (Å²) < 4.78 is 5.49. The third-order valence-corrected chi connectivity index (χ3v) is 3.73. The maximum atomic E-state index is 5.49. The summed E-state index contributed by atoms with van der Waals surface area (Å²) in [5, 5.41) is 5.35. The predicted molar refractivity (Wildman–Crippen MR) is 83.8 cm³/mol. The van der Waals surface area contributed by atoms with Crippen LogP contribution >= 0.6 is 11.3 Å². The summed E-state index contributed by atoms with van der Waals surface area (Å²) in [5.74, 6) is 2.24. The predicted octanol–water partition coefficient (Wildman–Crippen LogP) is 3.01. The minimum atomic E-state index is 0.694. The molecule has 2 heterocycles. The Hall–Kier alpha value is -1.82. The van der Waals surface area contributed by atoms with Gasteiger partial charge in [-0.05, 0) is 17.9 Å². The molecule has 6 heteroatoms. The first-order valence-electron chi connectivity index (χ1n) is 6.62. The van der Waals surface area contributed by atoms with Crippen LogP contribution in [0.25, 0.3) is 0 Å². The Morgan fingerprint density at radius 1 is 1.40 bits per heavy atom. The summed E-state index contributed by atoms with van der Waals surface area (Å²) >= 11 is 1.74. The molecule has 0 saturated carbocycles. The second kappa shape index (κ2) is 7.09. The zero-order valence-electron chi connectivity index (χ0n) is 12.1. The van der Waals surface area contributed by atoms with E-state index < -0.39 is 0 Å². The minimum absolute atomic E-state index is 0.694. The number of hydrogen-bond donors (Lipinski definition) is 1. The molecule has 5 nitrogen and oxygen atoms in total. The molecule has 0 aliphatic heterocycles. The number of aromatic nitrogens is 2. The largest absolute Gasteiger partial charge is 0.490 e. The third-order valence-electron chi connectivity index (χ3n) is 2.87. The second-order valence-corrected chi connectivity index (χ2v) is 5.47. The van der Waals surface area contributed by atoms with Crippen LogP contribution in [0.3, 0.4) is 0 Å². The summed E-state index contributed by atoms with van der Waals surface area (Å²) in [5.41, 5.74) is 0. The zero-order valence-corrected chi connectivity index (χ0v) is 12.9. The van der Waals surface area contributed by atoms with Gasteiger partial charge in [0.15, 0.2) is 11.6 Å². The van der Waals surface area contributed by atoms with E-state index in [0.717, 1.165) is 31.1 Å². The van der Waals surface area contributed by atoms with Crippen molar-refractivity contribution >= 4 is 23.0 Å². The summed E-state index contributed by atoms with van der Waals surface area (Å²) in [6.45, 7) is 3.78. The zero-order chi connectivity index (χ0) is 14.4. The Morgan fingerprint density at radius 2 is 2.25 bits per heavy atom. The van der Waals surface area contributed by atoms with Crippen molar-refractivity contribution < 1.29 is 4.74 Å². The van der Waals surface area contributed by atoms with Crippen molar-refractivity contribution in [3.8, 4) is 5.75 Å². The van der Waals surface area contributed by atoms with Gasteiger partial charge < -0.3 is 15.0 Å².